The Balaban J connectivity index is 2.42. The van der Waals surface area contributed by atoms with Gasteiger partial charge in [-0.1, -0.05) is 32.9 Å². The van der Waals surface area contributed by atoms with Gasteiger partial charge in [0.1, 0.15) is 10.6 Å². The van der Waals surface area contributed by atoms with E-state index < -0.39 is 10.0 Å². The van der Waals surface area contributed by atoms with Crippen LogP contribution in [0.4, 0.5) is 11.4 Å². The number of methoxy groups -OCH3 is 1. The van der Waals surface area contributed by atoms with E-state index in [-0.39, 0.29) is 16.1 Å². The number of ether oxygens (including phenoxy) is 1. The van der Waals surface area contributed by atoms with Crippen LogP contribution in [0.15, 0.2) is 47.4 Å². The molecule has 5 nitrogen and oxygen atoms in total. The fourth-order valence-corrected chi connectivity index (χ4v) is 3.42. The molecule has 0 atom stereocenters. The van der Waals surface area contributed by atoms with Crippen LogP contribution in [0.25, 0.3) is 0 Å². The van der Waals surface area contributed by atoms with Crippen molar-refractivity contribution < 1.29 is 13.2 Å². The first-order chi connectivity index (χ1) is 10.6. The van der Waals surface area contributed by atoms with Crippen LogP contribution in [0, 0.1) is 0 Å². The Morgan fingerprint density at radius 3 is 2.39 bits per heavy atom. The van der Waals surface area contributed by atoms with Gasteiger partial charge in [-0.2, -0.15) is 0 Å². The molecular weight excluding hydrogens is 312 g/mol. The first-order valence-corrected chi connectivity index (χ1v) is 8.69. The summed E-state index contributed by atoms with van der Waals surface area (Å²) in [5, 5.41) is 0. The molecule has 0 heterocycles. The Labute approximate surface area is 137 Å². The van der Waals surface area contributed by atoms with E-state index in [4.69, 9.17) is 10.5 Å². The summed E-state index contributed by atoms with van der Waals surface area (Å²) in [7, 11) is -2.37. The summed E-state index contributed by atoms with van der Waals surface area (Å²) >= 11 is 0. The molecule has 0 fully saturated rings. The summed E-state index contributed by atoms with van der Waals surface area (Å²) in [4.78, 5) is 0.0150. The molecule has 0 saturated carbocycles. The van der Waals surface area contributed by atoms with Gasteiger partial charge in [-0.3, -0.25) is 4.72 Å². The number of hydrogen-bond donors (Lipinski definition) is 2. The molecule has 0 radical (unpaired) electrons. The van der Waals surface area contributed by atoms with Crippen molar-refractivity contribution in [3.8, 4) is 5.75 Å². The minimum Gasteiger partial charge on any atom is -0.495 e. The van der Waals surface area contributed by atoms with Gasteiger partial charge in [0.05, 0.1) is 7.11 Å². The van der Waals surface area contributed by atoms with Crippen LogP contribution in [-0.4, -0.2) is 15.5 Å². The Bertz CT molecular complexity index is 809. The van der Waals surface area contributed by atoms with E-state index >= 15 is 0 Å². The summed E-state index contributed by atoms with van der Waals surface area (Å²) in [6.45, 7) is 6.21. The molecule has 0 aliphatic carbocycles. The number of nitrogens with one attached hydrogen (secondary N) is 1. The predicted molar refractivity (Wildman–Crippen MR) is 93.4 cm³/mol. The molecule has 2 rings (SSSR count). The van der Waals surface area contributed by atoms with E-state index in [1.807, 2.05) is 18.2 Å². The molecule has 2 aromatic carbocycles. The molecule has 0 saturated heterocycles. The lowest BCUT2D eigenvalue weighted by Crippen LogP contribution is -2.16. The Hall–Kier alpha value is -2.21. The van der Waals surface area contributed by atoms with Crippen molar-refractivity contribution in [2.45, 2.75) is 31.1 Å². The molecule has 0 aliphatic rings. The van der Waals surface area contributed by atoms with Gasteiger partial charge >= 0.3 is 0 Å². The number of anilines is 2. The second-order valence-corrected chi connectivity index (χ2v) is 8.00. The topological polar surface area (TPSA) is 81.4 Å². The standard InChI is InChI=1S/C17H22N2O3S/c1-17(2,3)12-6-5-7-14(10-12)19-23(20,21)16-11-13(18)8-9-15(16)22-4/h5-11,19H,18H2,1-4H3. The van der Waals surface area contributed by atoms with E-state index in [9.17, 15) is 8.42 Å². The van der Waals surface area contributed by atoms with Crippen molar-refractivity contribution in [1.82, 2.24) is 0 Å². The highest BCUT2D eigenvalue weighted by molar-refractivity contribution is 7.92. The van der Waals surface area contributed by atoms with Crippen molar-refractivity contribution in [3.05, 3.63) is 48.0 Å². The smallest absolute Gasteiger partial charge is 0.265 e. The average molecular weight is 334 g/mol. The van der Waals surface area contributed by atoms with Gasteiger partial charge in [0.25, 0.3) is 10.0 Å². The van der Waals surface area contributed by atoms with Gasteiger partial charge in [0, 0.05) is 11.4 Å². The van der Waals surface area contributed by atoms with Crippen LogP contribution in [0.2, 0.25) is 0 Å². The molecule has 2 aromatic rings. The van der Waals surface area contributed by atoms with Crippen LogP contribution >= 0.6 is 0 Å². The van der Waals surface area contributed by atoms with Crippen LogP contribution < -0.4 is 15.2 Å². The molecule has 23 heavy (non-hydrogen) atoms. The number of hydrogen-bond acceptors (Lipinski definition) is 4. The Morgan fingerprint density at radius 2 is 1.78 bits per heavy atom. The fourth-order valence-electron chi connectivity index (χ4n) is 2.16. The molecule has 3 N–H and O–H groups in total. The Morgan fingerprint density at radius 1 is 1.09 bits per heavy atom. The zero-order valence-corrected chi connectivity index (χ0v) is 14.6. The third kappa shape index (κ3) is 3.96. The van der Waals surface area contributed by atoms with Crippen LogP contribution in [0.3, 0.4) is 0 Å². The summed E-state index contributed by atoms with van der Waals surface area (Å²) in [6.07, 6.45) is 0. The minimum absolute atomic E-state index is 0.0150. The molecule has 0 aliphatic heterocycles. The van der Waals surface area contributed by atoms with Gasteiger partial charge in [0.15, 0.2) is 0 Å². The normalized spacial score (nSPS) is 12.0. The zero-order chi connectivity index (χ0) is 17.3. The third-order valence-corrected chi connectivity index (χ3v) is 4.86. The van der Waals surface area contributed by atoms with Gasteiger partial charge < -0.3 is 10.5 Å². The summed E-state index contributed by atoms with van der Waals surface area (Å²) in [5.74, 6) is 0.249. The molecule has 124 valence electrons. The molecule has 0 aromatic heterocycles. The van der Waals surface area contributed by atoms with Crippen LogP contribution in [-0.2, 0) is 15.4 Å². The molecular formula is C17H22N2O3S. The third-order valence-electron chi connectivity index (χ3n) is 3.46. The lowest BCUT2D eigenvalue weighted by molar-refractivity contribution is 0.403. The van der Waals surface area contributed by atoms with Crippen LogP contribution in [0.5, 0.6) is 5.75 Å². The maximum Gasteiger partial charge on any atom is 0.265 e. The van der Waals surface area contributed by atoms with Crippen LogP contribution in [0.1, 0.15) is 26.3 Å². The number of nitrogens with two attached hydrogens (primary N) is 1. The summed E-state index contributed by atoms with van der Waals surface area (Å²) in [5.41, 5.74) is 7.53. The van der Waals surface area contributed by atoms with Gasteiger partial charge in [-0.15, -0.1) is 0 Å². The fraction of sp³-hybridized carbons (Fsp3) is 0.294. The number of sulfonamides is 1. The summed E-state index contributed by atoms with van der Waals surface area (Å²) < 4.78 is 33.0. The summed E-state index contributed by atoms with van der Waals surface area (Å²) in [6, 6.07) is 11.9. The van der Waals surface area contributed by atoms with E-state index in [0.717, 1.165) is 5.56 Å². The average Bonchev–Trinajstić information content (AvgIpc) is 2.46. The van der Waals surface area contributed by atoms with Crippen molar-refractivity contribution >= 4 is 21.4 Å². The minimum atomic E-state index is -3.80. The Kier molecular flexibility index (Phi) is 4.56. The SMILES string of the molecule is COc1ccc(N)cc1S(=O)(=O)Nc1cccc(C(C)(C)C)c1. The van der Waals surface area contributed by atoms with E-state index in [0.29, 0.717) is 11.4 Å². The first-order valence-electron chi connectivity index (χ1n) is 7.20. The lowest BCUT2D eigenvalue weighted by Gasteiger charge is -2.20. The number of nitrogen functional groups attached to an aromatic ring is 1. The van der Waals surface area contributed by atoms with E-state index in [2.05, 4.69) is 25.5 Å². The predicted octanol–water partition coefficient (Wildman–Crippen LogP) is 3.38. The zero-order valence-electron chi connectivity index (χ0n) is 13.8. The second kappa shape index (κ2) is 6.12. The largest absolute Gasteiger partial charge is 0.495 e. The van der Waals surface area contributed by atoms with Crippen molar-refractivity contribution in [3.63, 3.8) is 0 Å². The van der Waals surface area contributed by atoms with Crippen molar-refractivity contribution in [1.29, 1.82) is 0 Å². The van der Waals surface area contributed by atoms with E-state index in [1.54, 1.807) is 12.1 Å². The van der Waals surface area contributed by atoms with Gasteiger partial charge in [-0.25, -0.2) is 8.42 Å². The number of rotatable bonds is 4. The molecule has 0 spiro atoms. The molecule has 6 heteroatoms. The van der Waals surface area contributed by atoms with Crippen molar-refractivity contribution in [2.24, 2.45) is 0 Å². The molecule has 0 amide bonds. The maximum atomic E-state index is 12.6. The van der Waals surface area contributed by atoms with Crippen molar-refractivity contribution in [2.75, 3.05) is 17.6 Å². The second-order valence-electron chi connectivity index (χ2n) is 6.35. The monoisotopic (exact) mass is 334 g/mol. The van der Waals surface area contributed by atoms with E-state index in [1.165, 1.54) is 19.2 Å². The maximum absolute atomic E-state index is 12.6. The molecule has 0 unspecified atom stereocenters. The van der Waals surface area contributed by atoms with Gasteiger partial charge in [-0.05, 0) is 41.3 Å². The highest BCUT2D eigenvalue weighted by atomic mass is 32.2. The molecule has 0 bridgehead atoms. The number of benzene rings is 2. The lowest BCUT2D eigenvalue weighted by atomic mass is 9.87. The first kappa shape index (κ1) is 17.1. The highest BCUT2D eigenvalue weighted by Gasteiger charge is 2.21. The highest BCUT2D eigenvalue weighted by Crippen LogP contribution is 2.29. The van der Waals surface area contributed by atoms with Gasteiger partial charge in [0.2, 0.25) is 0 Å². The quantitative estimate of drug-likeness (QED) is 0.840.